The van der Waals surface area contributed by atoms with Crippen molar-refractivity contribution >= 4 is 39.6 Å². The van der Waals surface area contributed by atoms with Crippen molar-refractivity contribution in [2.75, 3.05) is 5.32 Å². The number of hydrogen-bond donors (Lipinski definition) is 2. The van der Waals surface area contributed by atoms with Gasteiger partial charge >= 0.3 is 5.97 Å². The van der Waals surface area contributed by atoms with Crippen molar-refractivity contribution < 1.29 is 9.90 Å². The third-order valence-electron chi connectivity index (χ3n) is 5.46. The summed E-state index contributed by atoms with van der Waals surface area (Å²) in [5, 5.41) is 15.7. The zero-order valence-corrected chi connectivity index (χ0v) is 19.0. The predicted molar refractivity (Wildman–Crippen MR) is 124 cm³/mol. The zero-order chi connectivity index (χ0) is 21.1. The highest BCUT2D eigenvalue weighted by Gasteiger charge is 2.24. The second-order valence-electron chi connectivity index (χ2n) is 8.29. The molecule has 4 rings (SSSR count). The molecule has 1 fully saturated rings. The molecule has 30 heavy (non-hydrogen) atoms. The summed E-state index contributed by atoms with van der Waals surface area (Å²) in [6.07, 6.45) is 8.97. The van der Waals surface area contributed by atoms with E-state index in [1.54, 1.807) is 34.9 Å². The van der Waals surface area contributed by atoms with Crippen molar-refractivity contribution in [3.8, 4) is 10.4 Å². The molecule has 0 radical (unpaired) electrons. The van der Waals surface area contributed by atoms with Gasteiger partial charge in [-0.15, -0.1) is 22.7 Å². The van der Waals surface area contributed by atoms with Crippen LogP contribution < -0.4 is 5.32 Å². The summed E-state index contributed by atoms with van der Waals surface area (Å²) in [7, 11) is 0. The molecule has 7 heteroatoms. The van der Waals surface area contributed by atoms with Crippen molar-refractivity contribution in [1.82, 2.24) is 9.97 Å². The highest BCUT2D eigenvalue weighted by atomic mass is 32.1. The number of rotatable bonds is 7. The number of carbonyl (C=O) groups is 1. The zero-order valence-electron chi connectivity index (χ0n) is 17.4. The lowest BCUT2D eigenvalue weighted by atomic mass is 9.86. The summed E-state index contributed by atoms with van der Waals surface area (Å²) < 4.78 is 0. The summed E-state index contributed by atoms with van der Waals surface area (Å²) in [6, 6.07) is 5.61. The monoisotopic (exact) mass is 441 g/mol. The van der Waals surface area contributed by atoms with Crippen LogP contribution in [-0.4, -0.2) is 21.0 Å². The molecule has 1 saturated carbocycles. The van der Waals surface area contributed by atoms with E-state index in [-0.39, 0.29) is 5.56 Å². The van der Waals surface area contributed by atoms with Gasteiger partial charge in [-0.3, -0.25) is 0 Å². The molecule has 0 atom stereocenters. The average molecular weight is 442 g/mol. The van der Waals surface area contributed by atoms with Crippen LogP contribution in [0.3, 0.4) is 0 Å². The van der Waals surface area contributed by atoms with E-state index in [4.69, 9.17) is 4.98 Å². The Morgan fingerprint density at radius 3 is 2.77 bits per heavy atom. The second kappa shape index (κ2) is 9.27. The Morgan fingerprint density at radius 2 is 2.10 bits per heavy atom. The van der Waals surface area contributed by atoms with Gasteiger partial charge < -0.3 is 10.4 Å². The molecule has 3 heterocycles. The molecule has 0 unspecified atom stereocenters. The molecule has 0 amide bonds. The first-order chi connectivity index (χ1) is 14.5. The fourth-order valence-electron chi connectivity index (χ4n) is 4.04. The molecular formula is C23H27N3O2S2. The van der Waals surface area contributed by atoms with Crippen molar-refractivity contribution in [1.29, 1.82) is 0 Å². The van der Waals surface area contributed by atoms with Crippen molar-refractivity contribution in [2.45, 2.75) is 58.3 Å². The summed E-state index contributed by atoms with van der Waals surface area (Å²) in [5.74, 6) is 0.434. The Bertz CT molecular complexity index is 1010. The summed E-state index contributed by atoms with van der Waals surface area (Å²) in [4.78, 5) is 23.6. The van der Waals surface area contributed by atoms with Gasteiger partial charge in [0.25, 0.3) is 0 Å². The largest absolute Gasteiger partial charge is 0.478 e. The van der Waals surface area contributed by atoms with Gasteiger partial charge in [0.1, 0.15) is 11.4 Å². The van der Waals surface area contributed by atoms with E-state index < -0.39 is 5.97 Å². The second-order valence-corrected chi connectivity index (χ2v) is 10.3. The number of pyridine rings is 1. The lowest BCUT2D eigenvalue weighted by Gasteiger charge is -2.21. The van der Waals surface area contributed by atoms with Gasteiger partial charge in [-0.2, -0.15) is 0 Å². The van der Waals surface area contributed by atoms with E-state index in [9.17, 15) is 9.90 Å². The SMILES string of the molecule is CC(C)Cc1sc(Nc2ncc(-c3cccs3)cc2C(=O)O)nc1C1CCCCC1. The van der Waals surface area contributed by atoms with Gasteiger partial charge in [0.2, 0.25) is 0 Å². The fraction of sp³-hybridized carbons (Fsp3) is 0.435. The smallest absolute Gasteiger partial charge is 0.339 e. The van der Waals surface area contributed by atoms with Crippen LogP contribution in [0.2, 0.25) is 0 Å². The highest BCUT2D eigenvalue weighted by Crippen LogP contribution is 2.39. The third kappa shape index (κ3) is 4.73. The molecule has 1 aliphatic rings. The summed E-state index contributed by atoms with van der Waals surface area (Å²) in [5.41, 5.74) is 2.19. The lowest BCUT2D eigenvalue weighted by Crippen LogP contribution is -2.08. The molecule has 3 aromatic rings. The van der Waals surface area contributed by atoms with E-state index in [2.05, 4.69) is 24.1 Å². The molecule has 0 aromatic carbocycles. The standard InChI is InChI=1S/C23H27N3O2S2/c1-14(2)11-19-20(15-7-4-3-5-8-15)25-23(30-19)26-21-17(22(27)28)12-16(13-24-21)18-9-6-10-29-18/h6,9-10,12-15H,3-5,7-8,11H2,1-2H3,(H,27,28)(H,24,25,26). The number of carboxylic acid groups (broad SMARTS) is 1. The van der Waals surface area contributed by atoms with E-state index in [1.807, 2.05) is 17.5 Å². The van der Waals surface area contributed by atoms with Gasteiger partial charge in [-0.05, 0) is 42.7 Å². The molecule has 0 spiro atoms. The van der Waals surface area contributed by atoms with E-state index in [0.29, 0.717) is 17.7 Å². The molecule has 0 bridgehead atoms. The Kier molecular flexibility index (Phi) is 6.49. The first kappa shape index (κ1) is 21.0. The van der Waals surface area contributed by atoms with Crippen LogP contribution in [0.4, 0.5) is 10.9 Å². The molecule has 158 valence electrons. The first-order valence-corrected chi connectivity index (χ1v) is 12.2. The summed E-state index contributed by atoms with van der Waals surface area (Å²) in [6.45, 7) is 4.45. The van der Waals surface area contributed by atoms with Gasteiger partial charge in [0, 0.05) is 27.4 Å². The molecule has 5 nitrogen and oxygen atoms in total. The van der Waals surface area contributed by atoms with Crippen LogP contribution in [0, 0.1) is 5.92 Å². The first-order valence-electron chi connectivity index (χ1n) is 10.5. The number of nitrogens with zero attached hydrogens (tertiary/aromatic N) is 2. The topological polar surface area (TPSA) is 75.1 Å². The van der Waals surface area contributed by atoms with Crippen LogP contribution >= 0.6 is 22.7 Å². The van der Waals surface area contributed by atoms with Crippen molar-refractivity contribution in [2.24, 2.45) is 5.92 Å². The van der Waals surface area contributed by atoms with Crippen molar-refractivity contribution in [3.05, 3.63) is 45.9 Å². The number of hydrogen-bond acceptors (Lipinski definition) is 6. The lowest BCUT2D eigenvalue weighted by molar-refractivity contribution is 0.0697. The fourth-order valence-corrected chi connectivity index (χ4v) is 6.00. The molecule has 0 saturated heterocycles. The van der Waals surface area contributed by atoms with E-state index >= 15 is 0 Å². The van der Waals surface area contributed by atoms with Crippen LogP contribution in [-0.2, 0) is 6.42 Å². The number of thiazole rings is 1. The number of thiophene rings is 1. The normalized spacial score (nSPS) is 14.9. The number of aromatic nitrogens is 2. The Hall–Kier alpha value is -2.25. The van der Waals surface area contributed by atoms with Gasteiger partial charge in [-0.25, -0.2) is 14.8 Å². The maximum absolute atomic E-state index is 11.9. The Morgan fingerprint density at radius 1 is 1.30 bits per heavy atom. The Labute approximate surface area is 185 Å². The molecule has 0 aliphatic heterocycles. The third-order valence-corrected chi connectivity index (χ3v) is 7.39. The predicted octanol–water partition coefficient (Wildman–Crippen LogP) is 6.95. The summed E-state index contributed by atoms with van der Waals surface area (Å²) >= 11 is 3.21. The average Bonchev–Trinajstić information content (AvgIpc) is 3.39. The van der Waals surface area contributed by atoms with Gasteiger partial charge in [0.15, 0.2) is 5.13 Å². The number of anilines is 2. The van der Waals surface area contributed by atoms with Crippen LogP contribution in [0.5, 0.6) is 0 Å². The quantitative estimate of drug-likeness (QED) is 0.415. The molecule has 2 N–H and O–H groups in total. The molecule has 1 aliphatic carbocycles. The van der Waals surface area contributed by atoms with Gasteiger partial charge in [0.05, 0.1) is 5.69 Å². The maximum atomic E-state index is 11.9. The molecular weight excluding hydrogens is 414 g/mol. The van der Waals surface area contributed by atoms with Crippen LogP contribution in [0.1, 0.15) is 72.8 Å². The molecule has 3 aromatic heterocycles. The minimum atomic E-state index is -0.991. The Balaban J connectivity index is 1.64. The number of nitrogens with one attached hydrogen (secondary N) is 1. The van der Waals surface area contributed by atoms with E-state index in [1.165, 1.54) is 42.7 Å². The van der Waals surface area contributed by atoms with Crippen LogP contribution in [0.15, 0.2) is 29.8 Å². The van der Waals surface area contributed by atoms with E-state index in [0.717, 1.165) is 22.0 Å². The van der Waals surface area contributed by atoms with Crippen LogP contribution in [0.25, 0.3) is 10.4 Å². The highest BCUT2D eigenvalue weighted by molar-refractivity contribution is 7.15. The number of carboxylic acids is 1. The minimum absolute atomic E-state index is 0.167. The minimum Gasteiger partial charge on any atom is -0.478 e. The van der Waals surface area contributed by atoms with Gasteiger partial charge in [-0.1, -0.05) is 39.2 Å². The van der Waals surface area contributed by atoms with Crippen molar-refractivity contribution in [3.63, 3.8) is 0 Å². The maximum Gasteiger partial charge on any atom is 0.339 e. The number of aromatic carboxylic acids is 1.